The number of methoxy groups -OCH3 is 1. The topological polar surface area (TPSA) is 65.5 Å². The van der Waals surface area contributed by atoms with Gasteiger partial charge in [-0.1, -0.05) is 30.3 Å². The van der Waals surface area contributed by atoms with Gasteiger partial charge in [0.2, 0.25) is 0 Å². The fourth-order valence-corrected chi connectivity index (χ4v) is 5.55. The third kappa shape index (κ3) is 5.67. The Morgan fingerprint density at radius 1 is 1.03 bits per heavy atom. The summed E-state index contributed by atoms with van der Waals surface area (Å²) >= 11 is 0. The van der Waals surface area contributed by atoms with E-state index in [2.05, 4.69) is 4.90 Å². The molecule has 2 aromatic rings. The van der Waals surface area contributed by atoms with Gasteiger partial charge < -0.3 is 14.5 Å². The molecule has 37 heavy (non-hydrogen) atoms. The van der Waals surface area contributed by atoms with Gasteiger partial charge in [-0.3, -0.25) is 4.31 Å². The van der Waals surface area contributed by atoms with E-state index in [9.17, 15) is 21.6 Å². The van der Waals surface area contributed by atoms with E-state index in [-0.39, 0.29) is 0 Å². The van der Waals surface area contributed by atoms with Crippen molar-refractivity contribution in [3.63, 3.8) is 0 Å². The Morgan fingerprint density at radius 2 is 1.73 bits per heavy atom. The number of likely N-dealkylation sites (N-methyl/N-ethyl adjacent to an activating group) is 2. The highest BCUT2D eigenvalue weighted by molar-refractivity contribution is 7.89. The summed E-state index contributed by atoms with van der Waals surface area (Å²) in [6.07, 6.45) is -0.849. The van der Waals surface area contributed by atoms with Crippen LogP contribution in [0, 0.1) is 0 Å². The van der Waals surface area contributed by atoms with Crippen molar-refractivity contribution in [3.05, 3.63) is 77.6 Å². The van der Waals surface area contributed by atoms with Gasteiger partial charge in [-0.2, -0.15) is 13.2 Å². The molecule has 0 amide bonds. The second kappa shape index (κ2) is 10.6. The molecule has 0 aromatic heterocycles. The molecule has 0 bridgehead atoms. The minimum atomic E-state index is -4.66. The summed E-state index contributed by atoms with van der Waals surface area (Å²) in [6.45, 7) is 2.78. The number of piperazine rings is 1. The Labute approximate surface area is 215 Å². The Bertz CT molecular complexity index is 1340. The summed E-state index contributed by atoms with van der Waals surface area (Å²) < 4.78 is 73.5. The van der Waals surface area contributed by atoms with Crippen LogP contribution in [-0.4, -0.2) is 75.7 Å². The molecular weight excluding hydrogens is 505 g/mol. The molecule has 7 nitrogen and oxygen atoms in total. The molecule has 0 radical (unpaired) electrons. The van der Waals surface area contributed by atoms with Gasteiger partial charge in [0.1, 0.15) is 5.75 Å². The third-order valence-corrected chi connectivity index (χ3v) is 8.27. The monoisotopic (exact) mass is 534 g/mol. The molecule has 0 N–H and O–H groups in total. The quantitative estimate of drug-likeness (QED) is 0.572. The molecule has 11 heteroatoms. The number of rotatable bonds is 5. The molecule has 2 aliphatic heterocycles. The van der Waals surface area contributed by atoms with Gasteiger partial charge in [0.25, 0.3) is 10.0 Å². The standard InChI is InChI=1S/C26H29F3N4O3S/c1-31-13-15-33(16-14-31)25-23(12-11-19(18-30-25)22-9-4-5-10-24(22)36-3)32(2)37(34,35)21-8-6-7-20(17-21)26(27,28)29/h4-10,12,17-18H,11,13-16H2,1-3H3. The first-order chi connectivity index (χ1) is 17.5. The maximum atomic E-state index is 13.6. The fourth-order valence-electron chi connectivity index (χ4n) is 4.30. The lowest BCUT2D eigenvalue weighted by Gasteiger charge is -2.36. The Hall–Kier alpha value is -3.31. The second-order valence-electron chi connectivity index (χ2n) is 8.89. The number of halogens is 3. The lowest BCUT2D eigenvalue weighted by molar-refractivity contribution is -0.137. The van der Waals surface area contributed by atoms with Gasteiger partial charge in [0.15, 0.2) is 5.84 Å². The van der Waals surface area contributed by atoms with Crippen LogP contribution in [0.2, 0.25) is 0 Å². The molecule has 0 saturated carbocycles. The molecule has 2 aromatic carbocycles. The summed E-state index contributed by atoms with van der Waals surface area (Å²) in [5, 5.41) is 0. The zero-order valence-corrected chi connectivity index (χ0v) is 21.7. The van der Waals surface area contributed by atoms with Gasteiger partial charge in [-0.05, 0) is 43.3 Å². The molecule has 0 atom stereocenters. The minimum Gasteiger partial charge on any atom is -0.496 e. The number of amidine groups is 1. The van der Waals surface area contributed by atoms with Gasteiger partial charge in [0, 0.05) is 45.0 Å². The Balaban J connectivity index is 1.76. The summed E-state index contributed by atoms with van der Waals surface area (Å²) in [5.41, 5.74) is 0.935. The van der Waals surface area contributed by atoms with E-state index in [4.69, 9.17) is 9.73 Å². The number of sulfonamides is 1. The smallest absolute Gasteiger partial charge is 0.416 e. The molecule has 0 unspecified atom stereocenters. The van der Waals surface area contributed by atoms with E-state index < -0.39 is 26.7 Å². The van der Waals surface area contributed by atoms with Crippen LogP contribution in [0.25, 0.3) is 5.57 Å². The second-order valence-corrected chi connectivity index (χ2v) is 10.9. The lowest BCUT2D eigenvalue weighted by Crippen LogP contribution is -2.49. The number of nitrogens with zero attached hydrogens (tertiary/aromatic N) is 4. The number of hydrogen-bond acceptors (Lipinski definition) is 6. The van der Waals surface area contributed by atoms with Crippen LogP contribution in [-0.2, 0) is 16.2 Å². The predicted octanol–water partition coefficient (Wildman–Crippen LogP) is 4.31. The highest BCUT2D eigenvalue weighted by Gasteiger charge is 2.34. The van der Waals surface area contributed by atoms with E-state index >= 15 is 0 Å². The zero-order chi connectivity index (χ0) is 26.8. The molecule has 198 valence electrons. The van der Waals surface area contributed by atoms with Crippen molar-refractivity contribution in [3.8, 4) is 5.75 Å². The Kier molecular flexibility index (Phi) is 7.65. The van der Waals surface area contributed by atoms with Gasteiger partial charge in [-0.15, -0.1) is 0 Å². The van der Waals surface area contributed by atoms with Crippen LogP contribution in [0.15, 0.2) is 76.4 Å². The zero-order valence-electron chi connectivity index (χ0n) is 20.9. The minimum absolute atomic E-state index is 0.308. The van der Waals surface area contributed by atoms with E-state index in [1.165, 1.54) is 13.1 Å². The summed E-state index contributed by atoms with van der Waals surface area (Å²) in [4.78, 5) is 8.45. The summed E-state index contributed by atoms with van der Waals surface area (Å²) in [6, 6.07) is 11.3. The number of allylic oxidation sites excluding steroid dienone is 2. The number of aliphatic imine (C=N–C) groups is 1. The molecule has 1 saturated heterocycles. The van der Waals surface area contributed by atoms with E-state index in [1.54, 1.807) is 19.4 Å². The average Bonchev–Trinajstić information content (AvgIpc) is 3.11. The molecule has 1 fully saturated rings. The van der Waals surface area contributed by atoms with E-state index in [0.29, 0.717) is 42.9 Å². The van der Waals surface area contributed by atoms with Crippen molar-refractivity contribution >= 4 is 21.4 Å². The number of para-hydroxylation sites is 1. The normalized spacial score (nSPS) is 17.5. The van der Waals surface area contributed by atoms with Crippen LogP contribution in [0.1, 0.15) is 17.5 Å². The van der Waals surface area contributed by atoms with Crippen molar-refractivity contribution in [1.82, 2.24) is 14.1 Å². The maximum Gasteiger partial charge on any atom is 0.416 e. The maximum absolute atomic E-state index is 13.6. The molecule has 0 spiro atoms. The van der Waals surface area contributed by atoms with Gasteiger partial charge >= 0.3 is 6.18 Å². The molecule has 0 aliphatic carbocycles. The first kappa shape index (κ1) is 26.7. The third-order valence-electron chi connectivity index (χ3n) is 6.50. The first-order valence-electron chi connectivity index (χ1n) is 11.7. The molecule has 4 rings (SSSR count). The van der Waals surface area contributed by atoms with Crippen LogP contribution in [0.3, 0.4) is 0 Å². The largest absolute Gasteiger partial charge is 0.496 e. The highest BCUT2D eigenvalue weighted by atomic mass is 32.2. The van der Waals surface area contributed by atoms with E-state index in [0.717, 1.165) is 40.7 Å². The number of ether oxygens (including phenoxy) is 1. The van der Waals surface area contributed by atoms with Crippen LogP contribution >= 0.6 is 0 Å². The van der Waals surface area contributed by atoms with Crippen molar-refractivity contribution in [1.29, 1.82) is 0 Å². The molecule has 2 heterocycles. The average molecular weight is 535 g/mol. The van der Waals surface area contributed by atoms with Gasteiger partial charge in [-0.25, -0.2) is 13.4 Å². The molecular formula is C26H29F3N4O3S. The van der Waals surface area contributed by atoms with Crippen LogP contribution in [0.4, 0.5) is 13.2 Å². The highest BCUT2D eigenvalue weighted by Crippen LogP contribution is 2.34. The van der Waals surface area contributed by atoms with Crippen molar-refractivity contribution < 1.29 is 26.3 Å². The van der Waals surface area contributed by atoms with Crippen molar-refractivity contribution in [2.45, 2.75) is 17.5 Å². The molecule has 2 aliphatic rings. The van der Waals surface area contributed by atoms with Crippen LogP contribution < -0.4 is 4.74 Å². The Morgan fingerprint density at radius 3 is 2.41 bits per heavy atom. The SMILES string of the molecule is COc1ccccc1C1=CN=C(N2CCN(C)CC2)C(N(C)S(=O)(=O)c2cccc(C(F)(F)F)c2)=CC1. The van der Waals surface area contributed by atoms with E-state index in [1.807, 2.05) is 36.2 Å². The number of benzene rings is 2. The number of hydrogen-bond donors (Lipinski definition) is 0. The van der Waals surface area contributed by atoms with Crippen LogP contribution in [0.5, 0.6) is 5.75 Å². The fraction of sp³-hybridized carbons (Fsp3) is 0.346. The lowest BCUT2D eigenvalue weighted by atomic mass is 10.0. The van der Waals surface area contributed by atoms with Gasteiger partial charge in [0.05, 0.1) is 23.3 Å². The van der Waals surface area contributed by atoms with Crippen molar-refractivity contribution in [2.75, 3.05) is 47.4 Å². The number of alkyl halides is 3. The van der Waals surface area contributed by atoms with Crippen molar-refractivity contribution in [2.24, 2.45) is 4.99 Å². The predicted molar refractivity (Wildman–Crippen MR) is 137 cm³/mol. The summed E-state index contributed by atoms with van der Waals surface area (Å²) in [5.74, 6) is 1.11. The summed E-state index contributed by atoms with van der Waals surface area (Å²) in [7, 11) is 0.615. The first-order valence-corrected chi connectivity index (χ1v) is 13.2.